The van der Waals surface area contributed by atoms with E-state index in [0.717, 1.165) is 11.0 Å². The SMILES string of the molecule is CCCCSc1nc[c-]o1.[Li+]. The number of unbranched alkanes of at least 4 members (excludes halogenated alkanes) is 1. The Bertz CT molecular complexity index is 167. The minimum atomic E-state index is 0. The average Bonchev–Trinajstić information content (AvgIpc) is 2.41. The first-order chi connectivity index (χ1) is 4.93. The Labute approximate surface area is 83.3 Å². The molecule has 0 unspecified atom stereocenters. The molecule has 0 N–H and O–H groups in total. The third-order valence-corrected chi connectivity index (χ3v) is 2.02. The third kappa shape index (κ3) is 4.57. The Morgan fingerprint density at radius 2 is 2.55 bits per heavy atom. The molecular weight excluding hydrogens is 153 g/mol. The van der Waals surface area contributed by atoms with E-state index in [1.165, 1.54) is 12.8 Å². The fourth-order valence-electron chi connectivity index (χ4n) is 0.553. The quantitative estimate of drug-likeness (QED) is 0.256. The number of hydrogen-bond acceptors (Lipinski definition) is 3. The van der Waals surface area contributed by atoms with Gasteiger partial charge in [-0.15, -0.1) is 0 Å². The first kappa shape index (κ1) is 11.2. The summed E-state index contributed by atoms with van der Waals surface area (Å²) in [7, 11) is 0. The fourth-order valence-corrected chi connectivity index (χ4v) is 1.39. The van der Waals surface area contributed by atoms with E-state index < -0.39 is 0 Å². The minimum Gasteiger partial charge on any atom is -0.623 e. The van der Waals surface area contributed by atoms with E-state index in [1.807, 2.05) is 0 Å². The van der Waals surface area contributed by atoms with E-state index in [9.17, 15) is 0 Å². The molecule has 56 valence electrons. The van der Waals surface area contributed by atoms with Gasteiger partial charge in [0.15, 0.2) is 0 Å². The summed E-state index contributed by atoms with van der Waals surface area (Å²) in [5.41, 5.74) is 0. The van der Waals surface area contributed by atoms with Crippen molar-refractivity contribution in [2.75, 3.05) is 5.75 Å². The van der Waals surface area contributed by atoms with Crippen molar-refractivity contribution in [1.82, 2.24) is 4.98 Å². The Hall–Kier alpha value is 0.157. The van der Waals surface area contributed by atoms with Gasteiger partial charge in [-0.25, -0.2) is 0 Å². The molecule has 0 saturated heterocycles. The third-order valence-electron chi connectivity index (χ3n) is 1.09. The smallest absolute Gasteiger partial charge is 0.623 e. The van der Waals surface area contributed by atoms with Crippen LogP contribution in [0.25, 0.3) is 0 Å². The van der Waals surface area contributed by atoms with Crippen molar-refractivity contribution in [3.05, 3.63) is 12.5 Å². The van der Waals surface area contributed by atoms with E-state index in [-0.39, 0.29) is 18.9 Å². The zero-order valence-corrected chi connectivity index (χ0v) is 7.78. The predicted octanol–water partition coefficient (Wildman–Crippen LogP) is -0.629. The van der Waals surface area contributed by atoms with Crippen LogP contribution in [0.4, 0.5) is 0 Å². The van der Waals surface area contributed by atoms with Crippen molar-refractivity contribution in [2.24, 2.45) is 0 Å². The summed E-state index contributed by atoms with van der Waals surface area (Å²) in [6.45, 7) is 2.17. The van der Waals surface area contributed by atoms with Crippen LogP contribution in [0.15, 0.2) is 15.8 Å². The van der Waals surface area contributed by atoms with Crippen molar-refractivity contribution in [1.29, 1.82) is 0 Å². The standard InChI is InChI=1S/C7H10NOS.Li/c1-2-3-6-10-7-8-4-5-9-7;/h4H,2-3,6H2,1H3;/q-1;+1. The van der Waals surface area contributed by atoms with Crippen LogP contribution in [-0.2, 0) is 0 Å². The van der Waals surface area contributed by atoms with Crippen LogP contribution in [0.2, 0.25) is 0 Å². The molecule has 0 bridgehead atoms. The molecule has 0 spiro atoms. The van der Waals surface area contributed by atoms with Crippen LogP contribution < -0.4 is 18.9 Å². The Morgan fingerprint density at radius 3 is 3.09 bits per heavy atom. The number of rotatable bonds is 4. The molecule has 0 aliphatic heterocycles. The summed E-state index contributed by atoms with van der Waals surface area (Å²) in [6, 6.07) is 0. The van der Waals surface area contributed by atoms with Gasteiger partial charge in [0.2, 0.25) is 0 Å². The molecule has 1 aromatic rings. The van der Waals surface area contributed by atoms with Crippen LogP contribution in [0, 0.1) is 6.26 Å². The topological polar surface area (TPSA) is 26.0 Å². The van der Waals surface area contributed by atoms with Gasteiger partial charge in [0.05, 0.1) is 5.22 Å². The monoisotopic (exact) mass is 163 g/mol. The molecule has 0 amide bonds. The van der Waals surface area contributed by atoms with Gasteiger partial charge in [-0.3, -0.25) is 0 Å². The van der Waals surface area contributed by atoms with Crippen LogP contribution in [0.5, 0.6) is 0 Å². The number of nitrogens with zero attached hydrogens (tertiary/aromatic N) is 1. The molecule has 0 fully saturated rings. The largest absolute Gasteiger partial charge is 1.00 e. The van der Waals surface area contributed by atoms with E-state index in [2.05, 4.69) is 18.2 Å². The fraction of sp³-hybridized carbons (Fsp3) is 0.571. The normalized spacial score (nSPS) is 9.18. The zero-order chi connectivity index (χ0) is 7.23. The van der Waals surface area contributed by atoms with Gasteiger partial charge in [-0.05, 0) is 18.4 Å². The van der Waals surface area contributed by atoms with Gasteiger partial charge >= 0.3 is 18.9 Å². The molecule has 0 radical (unpaired) electrons. The second-order valence-corrected chi connectivity index (χ2v) is 2.99. The zero-order valence-electron chi connectivity index (χ0n) is 6.96. The van der Waals surface area contributed by atoms with Gasteiger partial charge in [-0.1, -0.05) is 19.6 Å². The van der Waals surface area contributed by atoms with Gasteiger partial charge in [0.25, 0.3) is 0 Å². The second-order valence-electron chi connectivity index (χ2n) is 1.95. The average molecular weight is 163 g/mol. The number of thioether (sulfide) groups is 1. The summed E-state index contributed by atoms with van der Waals surface area (Å²) in [6.07, 6.45) is 6.53. The first-order valence-corrected chi connectivity index (χ1v) is 4.36. The van der Waals surface area contributed by atoms with E-state index in [0.29, 0.717) is 0 Å². The van der Waals surface area contributed by atoms with Crippen molar-refractivity contribution >= 4 is 11.8 Å². The molecule has 0 aliphatic carbocycles. The van der Waals surface area contributed by atoms with Crippen LogP contribution in [-0.4, -0.2) is 10.7 Å². The molecule has 4 heteroatoms. The molecule has 1 heterocycles. The maximum atomic E-state index is 4.91. The van der Waals surface area contributed by atoms with Crippen LogP contribution in [0.1, 0.15) is 19.8 Å². The number of oxazole rings is 1. The van der Waals surface area contributed by atoms with Crippen molar-refractivity contribution < 1.29 is 23.3 Å². The molecule has 0 saturated carbocycles. The Morgan fingerprint density at radius 1 is 1.73 bits per heavy atom. The molecule has 0 atom stereocenters. The van der Waals surface area contributed by atoms with Gasteiger partial charge in [-0.2, -0.15) is 11.8 Å². The Kier molecular flexibility index (Phi) is 6.94. The first-order valence-electron chi connectivity index (χ1n) is 3.38. The maximum Gasteiger partial charge on any atom is 1.00 e. The van der Waals surface area contributed by atoms with E-state index in [1.54, 1.807) is 18.0 Å². The summed E-state index contributed by atoms with van der Waals surface area (Å²) in [5.74, 6) is 1.09. The maximum absolute atomic E-state index is 4.91. The van der Waals surface area contributed by atoms with Gasteiger partial charge in [0.1, 0.15) is 0 Å². The van der Waals surface area contributed by atoms with Gasteiger partial charge in [0, 0.05) is 0 Å². The summed E-state index contributed by atoms with van der Waals surface area (Å²) >= 11 is 1.64. The number of hydrogen-bond donors (Lipinski definition) is 0. The summed E-state index contributed by atoms with van der Waals surface area (Å²) in [5, 5.41) is 0.730. The molecule has 1 rings (SSSR count). The Balaban J connectivity index is 0.000001000. The summed E-state index contributed by atoms with van der Waals surface area (Å²) < 4.78 is 4.91. The van der Waals surface area contributed by atoms with Gasteiger partial charge < -0.3 is 9.40 Å². The van der Waals surface area contributed by atoms with Crippen molar-refractivity contribution in [3.63, 3.8) is 0 Å². The van der Waals surface area contributed by atoms with Crippen LogP contribution >= 0.6 is 11.8 Å². The predicted molar refractivity (Wildman–Crippen MR) is 41.0 cm³/mol. The molecule has 0 aromatic carbocycles. The van der Waals surface area contributed by atoms with E-state index >= 15 is 0 Å². The minimum absolute atomic E-state index is 0. The van der Waals surface area contributed by atoms with Crippen molar-refractivity contribution in [2.45, 2.75) is 25.0 Å². The summed E-state index contributed by atoms with van der Waals surface area (Å²) in [4.78, 5) is 3.93. The molecule has 0 aliphatic rings. The second kappa shape index (κ2) is 6.84. The molecular formula is C7H10LiNOS. The number of aromatic nitrogens is 1. The molecule has 2 nitrogen and oxygen atoms in total. The van der Waals surface area contributed by atoms with Crippen LogP contribution in [0.3, 0.4) is 0 Å². The molecule has 1 aromatic heterocycles. The van der Waals surface area contributed by atoms with E-state index in [4.69, 9.17) is 4.42 Å². The molecule has 11 heavy (non-hydrogen) atoms. The van der Waals surface area contributed by atoms with Crippen molar-refractivity contribution in [3.8, 4) is 0 Å².